The molecule has 2 aliphatic rings. The number of thioether (sulfide) groups is 1. The maximum absolute atomic E-state index is 3.70. The van der Waals surface area contributed by atoms with E-state index in [2.05, 4.69) is 37.8 Å². The van der Waals surface area contributed by atoms with Gasteiger partial charge in [-0.3, -0.25) is 0 Å². The van der Waals surface area contributed by atoms with E-state index in [-0.39, 0.29) is 0 Å². The van der Waals surface area contributed by atoms with E-state index in [0.29, 0.717) is 10.3 Å². The van der Waals surface area contributed by atoms with Gasteiger partial charge in [0.25, 0.3) is 0 Å². The Morgan fingerprint density at radius 1 is 1.42 bits per heavy atom. The predicted octanol–water partition coefficient (Wildman–Crippen LogP) is 2.48. The summed E-state index contributed by atoms with van der Waals surface area (Å²) < 4.78 is 0. The molecule has 1 spiro atoms. The van der Waals surface area contributed by atoms with Gasteiger partial charge in [-0.05, 0) is 24.2 Å². The van der Waals surface area contributed by atoms with Gasteiger partial charge in [-0.2, -0.15) is 0 Å². The highest BCUT2D eigenvalue weighted by Gasteiger charge is 2.50. The SMILES string of the molecule is CC1CC(C)(C)CC12NCCS2. The van der Waals surface area contributed by atoms with Gasteiger partial charge in [0.2, 0.25) is 0 Å². The third-order valence-corrected chi connectivity index (χ3v) is 4.90. The number of rotatable bonds is 0. The zero-order valence-corrected chi connectivity index (χ0v) is 9.13. The summed E-state index contributed by atoms with van der Waals surface area (Å²) in [6.45, 7) is 8.42. The molecule has 0 aromatic heterocycles. The Morgan fingerprint density at radius 2 is 2.17 bits per heavy atom. The quantitative estimate of drug-likeness (QED) is 0.622. The first-order valence-corrected chi connectivity index (χ1v) is 5.92. The van der Waals surface area contributed by atoms with E-state index in [1.54, 1.807) is 0 Å². The zero-order valence-electron chi connectivity index (χ0n) is 8.31. The lowest BCUT2D eigenvalue weighted by molar-refractivity contribution is 0.359. The Bertz CT molecular complexity index is 182. The fraction of sp³-hybridized carbons (Fsp3) is 1.00. The van der Waals surface area contributed by atoms with Gasteiger partial charge in [0.05, 0.1) is 4.87 Å². The number of nitrogens with one attached hydrogen (secondary N) is 1. The minimum absolute atomic E-state index is 0.448. The molecule has 0 aromatic carbocycles. The monoisotopic (exact) mass is 185 g/mol. The van der Waals surface area contributed by atoms with Gasteiger partial charge >= 0.3 is 0 Å². The van der Waals surface area contributed by atoms with Crippen LogP contribution in [0.25, 0.3) is 0 Å². The Hall–Kier alpha value is 0.310. The van der Waals surface area contributed by atoms with Crippen LogP contribution in [0.3, 0.4) is 0 Å². The van der Waals surface area contributed by atoms with Crippen LogP contribution in [0, 0.1) is 11.3 Å². The molecular weight excluding hydrogens is 166 g/mol. The Morgan fingerprint density at radius 3 is 2.58 bits per heavy atom. The van der Waals surface area contributed by atoms with Crippen LogP contribution in [0.2, 0.25) is 0 Å². The molecule has 70 valence electrons. The van der Waals surface area contributed by atoms with Crippen LogP contribution in [0.4, 0.5) is 0 Å². The molecule has 1 heterocycles. The highest BCUT2D eigenvalue weighted by Crippen LogP contribution is 2.53. The molecule has 1 aliphatic carbocycles. The van der Waals surface area contributed by atoms with Crippen LogP contribution in [0.1, 0.15) is 33.6 Å². The molecule has 1 N–H and O–H groups in total. The molecule has 1 saturated heterocycles. The third-order valence-electron chi connectivity index (χ3n) is 3.28. The molecule has 2 heteroatoms. The van der Waals surface area contributed by atoms with E-state index in [0.717, 1.165) is 5.92 Å². The summed E-state index contributed by atoms with van der Waals surface area (Å²) in [5.41, 5.74) is 0.559. The Balaban J connectivity index is 2.17. The summed E-state index contributed by atoms with van der Waals surface area (Å²) >= 11 is 2.15. The van der Waals surface area contributed by atoms with Gasteiger partial charge < -0.3 is 5.32 Å². The molecule has 1 nitrogen and oxygen atoms in total. The van der Waals surface area contributed by atoms with E-state index in [1.807, 2.05) is 0 Å². The van der Waals surface area contributed by atoms with Crippen LogP contribution in [-0.2, 0) is 0 Å². The minimum atomic E-state index is 0.448. The standard InChI is InChI=1S/C10H19NS/c1-8-6-9(2,3)7-10(8)11-4-5-12-10/h8,11H,4-7H2,1-3H3. The highest BCUT2D eigenvalue weighted by atomic mass is 32.2. The Labute approximate surface area is 79.7 Å². The highest BCUT2D eigenvalue weighted by molar-refractivity contribution is 8.00. The lowest BCUT2D eigenvalue weighted by Crippen LogP contribution is -2.39. The zero-order chi connectivity index (χ0) is 8.82. The normalized spacial score (nSPS) is 45.8. The summed E-state index contributed by atoms with van der Waals surface area (Å²) in [5.74, 6) is 2.15. The van der Waals surface area contributed by atoms with Crippen LogP contribution in [-0.4, -0.2) is 17.2 Å². The van der Waals surface area contributed by atoms with Crippen LogP contribution >= 0.6 is 11.8 Å². The average Bonchev–Trinajstić information content (AvgIpc) is 2.42. The van der Waals surface area contributed by atoms with Gasteiger partial charge in [-0.1, -0.05) is 20.8 Å². The predicted molar refractivity (Wildman–Crippen MR) is 55.4 cm³/mol. The molecule has 2 rings (SSSR count). The van der Waals surface area contributed by atoms with Crippen LogP contribution < -0.4 is 5.32 Å². The molecule has 2 fully saturated rings. The van der Waals surface area contributed by atoms with Gasteiger partial charge in [0.15, 0.2) is 0 Å². The van der Waals surface area contributed by atoms with Crippen molar-refractivity contribution in [1.29, 1.82) is 0 Å². The van der Waals surface area contributed by atoms with E-state index in [4.69, 9.17) is 0 Å². The molecular formula is C10H19NS. The van der Waals surface area contributed by atoms with E-state index >= 15 is 0 Å². The second-order valence-corrected chi connectivity index (χ2v) is 6.54. The lowest BCUT2D eigenvalue weighted by Gasteiger charge is -2.28. The van der Waals surface area contributed by atoms with Crippen molar-refractivity contribution in [2.24, 2.45) is 11.3 Å². The molecule has 2 atom stereocenters. The summed E-state index contributed by atoms with van der Waals surface area (Å²) in [7, 11) is 0. The first-order valence-electron chi connectivity index (χ1n) is 4.93. The van der Waals surface area contributed by atoms with Gasteiger partial charge in [-0.25, -0.2) is 0 Å². The molecule has 0 aromatic rings. The van der Waals surface area contributed by atoms with Crippen molar-refractivity contribution >= 4 is 11.8 Å². The maximum atomic E-state index is 3.70. The van der Waals surface area contributed by atoms with Crippen molar-refractivity contribution in [1.82, 2.24) is 5.32 Å². The molecule has 0 bridgehead atoms. The molecule has 2 unspecified atom stereocenters. The topological polar surface area (TPSA) is 12.0 Å². The Kier molecular flexibility index (Phi) is 1.96. The van der Waals surface area contributed by atoms with Gasteiger partial charge in [0.1, 0.15) is 0 Å². The number of hydrogen-bond donors (Lipinski definition) is 1. The molecule has 0 radical (unpaired) electrons. The van der Waals surface area contributed by atoms with Crippen molar-refractivity contribution in [3.8, 4) is 0 Å². The molecule has 0 amide bonds. The van der Waals surface area contributed by atoms with E-state index in [9.17, 15) is 0 Å². The van der Waals surface area contributed by atoms with E-state index < -0.39 is 0 Å². The second-order valence-electron chi connectivity index (χ2n) is 5.11. The largest absolute Gasteiger partial charge is 0.302 e. The lowest BCUT2D eigenvalue weighted by atomic mass is 9.91. The van der Waals surface area contributed by atoms with Gasteiger partial charge in [0, 0.05) is 12.3 Å². The summed E-state index contributed by atoms with van der Waals surface area (Å²) in [6, 6.07) is 0. The second kappa shape index (κ2) is 2.65. The smallest absolute Gasteiger partial charge is 0.0677 e. The first kappa shape index (κ1) is 8.89. The number of hydrogen-bond acceptors (Lipinski definition) is 2. The van der Waals surface area contributed by atoms with Gasteiger partial charge in [-0.15, -0.1) is 11.8 Å². The van der Waals surface area contributed by atoms with Crippen molar-refractivity contribution in [2.75, 3.05) is 12.3 Å². The minimum Gasteiger partial charge on any atom is -0.302 e. The van der Waals surface area contributed by atoms with Crippen LogP contribution in [0.15, 0.2) is 0 Å². The fourth-order valence-electron chi connectivity index (χ4n) is 2.93. The summed E-state index contributed by atoms with van der Waals surface area (Å²) in [6.07, 6.45) is 2.73. The van der Waals surface area contributed by atoms with E-state index in [1.165, 1.54) is 25.1 Å². The van der Waals surface area contributed by atoms with Crippen molar-refractivity contribution in [2.45, 2.75) is 38.5 Å². The molecule has 1 saturated carbocycles. The molecule has 12 heavy (non-hydrogen) atoms. The van der Waals surface area contributed by atoms with Crippen molar-refractivity contribution < 1.29 is 0 Å². The summed E-state index contributed by atoms with van der Waals surface area (Å²) in [5, 5.41) is 3.70. The third kappa shape index (κ3) is 1.29. The average molecular weight is 185 g/mol. The van der Waals surface area contributed by atoms with Crippen LogP contribution in [0.5, 0.6) is 0 Å². The molecule has 1 aliphatic heterocycles. The summed E-state index contributed by atoms with van der Waals surface area (Å²) in [4.78, 5) is 0.448. The first-order chi connectivity index (χ1) is 5.54. The van der Waals surface area contributed by atoms with Crippen molar-refractivity contribution in [3.63, 3.8) is 0 Å². The maximum Gasteiger partial charge on any atom is 0.0677 e. The fourth-order valence-corrected chi connectivity index (χ4v) is 4.56. The van der Waals surface area contributed by atoms with Crippen molar-refractivity contribution in [3.05, 3.63) is 0 Å².